The Morgan fingerprint density at radius 1 is 1.24 bits per heavy atom. The highest BCUT2D eigenvalue weighted by Gasteiger charge is 2.14. The maximum atomic E-state index is 11.9. The van der Waals surface area contributed by atoms with Crippen LogP contribution in [0.25, 0.3) is 0 Å². The summed E-state index contributed by atoms with van der Waals surface area (Å²) in [5.41, 5.74) is 0.299. The molecule has 0 aliphatic carbocycles. The Balaban J connectivity index is 2.30. The second kappa shape index (κ2) is 5.51. The molecule has 0 unspecified atom stereocenters. The van der Waals surface area contributed by atoms with Gasteiger partial charge in [-0.15, -0.1) is 0 Å². The van der Waals surface area contributed by atoms with Gasteiger partial charge in [0.25, 0.3) is 5.91 Å². The van der Waals surface area contributed by atoms with E-state index in [1.54, 1.807) is 13.0 Å². The van der Waals surface area contributed by atoms with Gasteiger partial charge in [-0.3, -0.25) is 4.79 Å². The predicted molar refractivity (Wildman–Crippen MR) is 75.5 cm³/mol. The van der Waals surface area contributed by atoms with E-state index < -0.39 is 21.6 Å². The van der Waals surface area contributed by atoms with Crippen LogP contribution in [0.2, 0.25) is 0 Å². The summed E-state index contributed by atoms with van der Waals surface area (Å²) < 4.78 is 27.4. The van der Waals surface area contributed by atoms with Crippen molar-refractivity contribution in [2.24, 2.45) is 5.14 Å². The van der Waals surface area contributed by atoms with Gasteiger partial charge < -0.3 is 9.73 Å². The fraction of sp³-hybridized carbons (Fsp3) is 0.0769. The van der Waals surface area contributed by atoms with Crippen molar-refractivity contribution < 1.29 is 17.6 Å². The number of primary sulfonamides is 1. The molecule has 2 aromatic rings. The summed E-state index contributed by atoms with van der Waals surface area (Å²) in [5.74, 6) is -0.539. The average Bonchev–Trinajstić information content (AvgIpc) is 2.40. The second-order valence-corrected chi connectivity index (χ2v) is 5.85. The number of carbonyl (C=O) groups excluding carboxylic acids is 1. The molecule has 0 spiro atoms. The van der Waals surface area contributed by atoms with E-state index in [0.29, 0.717) is 5.56 Å². The lowest BCUT2D eigenvalue weighted by Gasteiger charge is -2.08. The number of nitrogens with two attached hydrogens (primary N) is 1. The van der Waals surface area contributed by atoms with E-state index in [-0.39, 0.29) is 16.1 Å². The first-order valence-electron chi connectivity index (χ1n) is 5.81. The SMILES string of the molecule is Cc1ccc(NC(=O)c2ccc(=O)oc2)cc1S(N)(=O)=O. The number of amides is 1. The van der Waals surface area contributed by atoms with E-state index in [1.807, 2.05) is 0 Å². The van der Waals surface area contributed by atoms with Gasteiger partial charge in [0, 0.05) is 11.8 Å². The largest absolute Gasteiger partial charge is 0.430 e. The number of hydrogen-bond acceptors (Lipinski definition) is 5. The van der Waals surface area contributed by atoms with E-state index in [0.717, 1.165) is 12.3 Å². The van der Waals surface area contributed by atoms with Crippen molar-refractivity contribution in [2.45, 2.75) is 11.8 Å². The maximum absolute atomic E-state index is 11.9. The molecule has 0 saturated heterocycles. The third-order valence-corrected chi connectivity index (χ3v) is 3.77. The molecular formula is C13H12N2O5S. The number of rotatable bonds is 3. The lowest BCUT2D eigenvalue weighted by molar-refractivity contribution is 0.102. The molecule has 0 radical (unpaired) electrons. The highest BCUT2D eigenvalue weighted by molar-refractivity contribution is 7.89. The summed E-state index contributed by atoms with van der Waals surface area (Å²) in [6.45, 7) is 1.59. The summed E-state index contributed by atoms with van der Waals surface area (Å²) in [4.78, 5) is 22.7. The molecule has 0 fully saturated rings. The van der Waals surface area contributed by atoms with Gasteiger partial charge in [0.15, 0.2) is 0 Å². The highest BCUT2D eigenvalue weighted by atomic mass is 32.2. The molecule has 0 saturated carbocycles. The van der Waals surface area contributed by atoms with Gasteiger partial charge >= 0.3 is 5.63 Å². The molecule has 3 N–H and O–H groups in total. The predicted octanol–water partition coefficient (Wildman–Crippen LogP) is 0.848. The van der Waals surface area contributed by atoms with E-state index >= 15 is 0 Å². The van der Waals surface area contributed by atoms with Gasteiger partial charge in [0.2, 0.25) is 10.0 Å². The van der Waals surface area contributed by atoms with Crippen LogP contribution >= 0.6 is 0 Å². The molecule has 0 atom stereocenters. The molecule has 2 rings (SSSR count). The van der Waals surface area contributed by atoms with Crippen LogP contribution < -0.4 is 16.1 Å². The van der Waals surface area contributed by atoms with Crippen LogP contribution in [-0.2, 0) is 10.0 Å². The van der Waals surface area contributed by atoms with Crippen molar-refractivity contribution in [2.75, 3.05) is 5.32 Å². The molecular weight excluding hydrogens is 296 g/mol. The van der Waals surface area contributed by atoms with E-state index in [1.165, 1.54) is 18.2 Å². The van der Waals surface area contributed by atoms with Crippen LogP contribution in [-0.4, -0.2) is 14.3 Å². The van der Waals surface area contributed by atoms with Crippen LogP contribution in [0.3, 0.4) is 0 Å². The second-order valence-electron chi connectivity index (χ2n) is 4.32. The van der Waals surface area contributed by atoms with Crippen molar-refractivity contribution >= 4 is 21.6 Å². The zero-order valence-corrected chi connectivity index (χ0v) is 11.8. The van der Waals surface area contributed by atoms with Crippen LogP contribution in [0.15, 0.2) is 50.7 Å². The standard InChI is InChI=1S/C13H12N2O5S/c1-8-2-4-10(6-11(8)21(14,18)19)15-13(17)9-3-5-12(16)20-7-9/h2-7H,1H3,(H,15,17)(H2,14,18,19). The van der Waals surface area contributed by atoms with Gasteiger partial charge in [0.1, 0.15) is 6.26 Å². The fourth-order valence-electron chi connectivity index (χ4n) is 1.67. The molecule has 0 aliphatic rings. The normalized spacial score (nSPS) is 11.1. The Hall–Kier alpha value is -2.45. The average molecular weight is 308 g/mol. The van der Waals surface area contributed by atoms with Gasteiger partial charge in [-0.05, 0) is 30.7 Å². The van der Waals surface area contributed by atoms with Crippen LogP contribution in [0.4, 0.5) is 5.69 Å². The molecule has 1 amide bonds. The first-order chi connectivity index (χ1) is 9.77. The number of aryl methyl sites for hydroxylation is 1. The van der Waals surface area contributed by atoms with E-state index in [4.69, 9.17) is 5.14 Å². The van der Waals surface area contributed by atoms with E-state index in [2.05, 4.69) is 9.73 Å². The number of benzene rings is 1. The molecule has 0 aliphatic heterocycles. The number of sulfonamides is 1. The Kier molecular flexibility index (Phi) is 3.92. The highest BCUT2D eigenvalue weighted by Crippen LogP contribution is 2.19. The lowest BCUT2D eigenvalue weighted by atomic mass is 10.2. The topological polar surface area (TPSA) is 119 Å². The maximum Gasteiger partial charge on any atom is 0.335 e. The van der Waals surface area contributed by atoms with Crippen molar-refractivity contribution in [3.05, 3.63) is 58.1 Å². The molecule has 21 heavy (non-hydrogen) atoms. The van der Waals surface area contributed by atoms with Gasteiger partial charge in [0.05, 0.1) is 10.5 Å². The van der Waals surface area contributed by atoms with Crippen LogP contribution in [0.5, 0.6) is 0 Å². The lowest BCUT2D eigenvalue weighted by Crippen LogP contribution is -2.16. The Morgan fingerprint density at radius 2 is 1.95 bits per heavy atom. The van der Waals surface area contributed by atoms with Gasteiger partial charge in [-0.1, -0.05) is 6.07 Å². The van der Waals surface area contributed by atoms with Crippen molar-refractivity contribution in [1.29, 1.82) is 0 Å². The minimum Gasteiger partial charge on any atom is -0.430 e. The van der Waals surface area contributed by atoms with Gasteiger partial charge in [-0.25, -0.2) is 18.4 Å². The van der Waals surface area contributed by atoms with Gasteiger partial charge in [-0.2, -0.15) is 0 Å². The Labute approximate surface area is 120 Å². The summed E-state index contributed by atoms with van der Waals surface area (Å²) in [6, 6.07) is 6.75. The molecule has 1 heterocycles. The van der Waals surface area contributed by atoms with Crippen molar-refractivity contribution in [3.8, 4) is 0 Å². The zero-order chi connectivity index (χ0) is 15.6. The Bertz CT molecular complexity index is 835. The quantitative estimate of drug-likeness (QED) is 0.871. The Morgan fingerprint density at radius 3 is 2.52 bits per heavy atom. The number of hydrogen-bond donors (Lipinski definition) is 2. The third kappa shape index (κ3) is 3.56. The molecule has 1 aromatic heterocycles. The summed E-state index contributed by atoms with van der Waals surface area (Å²) in [6.07, 6.45) is 1.02. The smallest absolute Gasteiger partial charge is 0.335 e. The molecule has 7 nitrogen and oxygen atoms in total. The third-order valence-electron chi connectivity index (χ3n) is 2.72. The minimum absolute atomic E-state index is 0.0695. The minimum atomic E-state index is -3.87. The molecule has 110 valence electrons. The molecule has 8 heteroatoms. The van der Waals surface area contributed by atoms with Crippen molar-refractivity contribution in [1.82, 2.24) is 0 Å². The summed E-state index contributed by atoms with van der Waals surface area (Å²) in [5, 5.41) is 7.59. The number of carbonyl (C=O) groups is 1. The number of anilines is 1. The molecule has 0 bridgehead atoms. The monoisotopic (exact) mass is 308 g/mol. The van der Waals surface area contributed by atoms with Crippen LogP contribution in [0.1, 0.15) is 15.9 Å². The summed E-state index contributed by atoms with van der Waals surface area (Å²) in [7, 11) is -3.87. The molecule has 1 aromatic carbocycles. The fourth-order valence-corrected chi connectivity index (χ4v) is 2.48. The first-order valence-corrected chi connectivity index (χ1v) is 7.35. The zero-order valence-electron chi connectivity index (χ0n) is 11.0. The van der Waals surface area contributed by atoms with E-state index in [9.17, 15) is 18.0 Å². The van der Waals surface area contributed by atoms with Crippen LogP contribution in [0, 0.1) is 6.92 Å². The number of nitrogens with one attached hydrogen (secondary N) is 1. The summed E-state index contributed by atoms with van der Waals surface area (Å²) >= 11 is 0. The first kappa shape index (κ1) is 14.9. The van der Waals surface area contributed by atoms with Crippen molar-refractivity contribution in [3.63, 3.8) is 0 Å².